The lowest BCUT2D eigenvalue weighted by molar-refractivity contribution is -0.222. The first-order valence-corrected chi connectivity index (χ1v) is 8.03. The minimum atomic E-state index is -1.00. The molecule has 1 aliphatic rings. The van der Waals surface area contributed by atoms with Gasteiger partial charge in [0.05, 0.1) is 10.3 Å². The molecule has 3 nitrogen and oxygen atoms in total. The van der Waals surface area contributed by atoms with Gasteiger partial charge in [-0.3, -0.25) is 0 Å². The maximum absolute atomic E-state index is 5.71. The second-order valence-corrected chi connectivity index (χ2v) is 7.94. The van der Waals surface area contributed by atoms with Crippen LogP contribution in [0.15, 0.2) is 30.3 Å². The number of hydrogen-bond acceptors (Lipinski definition) is 3. The molecule has 16 heavy (non-hydrogen) atoms. The van der Waals surface area contributed by atoms with Gasteiger partial charge < -0.3 is 4.52 Å². The molecule has 2 unspecified atom stereocenters. The fourth-order valence-electron chi connectivity index (χ4n) is 1.26. The Balaban J connectivity index is 1.90. The van der Waals surface area contributed by atoms with Crippen LogP contribution in [0.2, 0.25) is 0 Å². The zero-order valence-corrected chi connectivity index (χ0v) is 12.4. The Kier molecular flexibility index (Phi) is 5.04. The van der Waals surface area contributed by atoms with Crippen LogP contribution >= 0.6 is 40.2 Å². The average Bonchev–Trinajstić information content (AvgIpc) is 2.30. The van der Waals surface area contributed by atoms with Crippen molar-refractivity contribution in [3.05, 3.63) is 30.3 Å². The van der Waals surface area contributed by atoms with Crippen molar-refractivity contribution in [1.82, 2.24) is 0 Å². The molecule has 0 saturated carbocycles. The highest BCUT2D eigenvalue weighted by molar-refractivity contribution is 9.24. The Hall–Kier alpha value is 0.330. The van der Waals surface area contributed by atoms with Gasteiger partial charge in [0.2, 0.25) is 0 Å². The maximum atomic E-state index is 5.71. The van der Waals surface area contributed by atoms with Crippen LogP contribution in [0.1, 0.15) is 0 Å². The Morgan fingerprint density at radius 3 is 2.75 bits per heavy atom. The van der Waals surface area contributed by atoms with E-state index < -0.39 is 8.38 Å². The molecule has 0 radical (unpaired) electrons. The SMILES string of the molecule is BrC(Br)C1COOP(Oc2ccccc2)C1. The first kappa shape index (κ1) is 12.8. The number of halogens is 2. The molecule has 0 bridgehead atoms. The van der Waals surface area contributed by atoms with E-state index in [9.17, 15) is 0 Å². The molecule has 0 amide bonds. The van der Waals surface area contributed by atoms with Crippen molar-refractivity contribution < 1.29 is 14.1 Å². The van der Waals surface area contributed by atoms with Crippen LogP contribution in [0.25, 0.3) is 0 Å². The molecule has 0 spiro atoms. The van der Waals surface area contributed by atoms with E-state index in [4.69, 9.17) is 14.1 Å². The first-order chi connectivity index (χ1) is 7.75. The van der Waals surface area contributed by atoms with E-state index in [-0.39, 0.29) is 3.74 Å². The number of para-hydroxylation sites is 1. The molecule has 1 saturated heterocycles. The summed E-state index contributed by atoms with van der Waals surface area (Å²) < 4.78 is 11.1. The highest BCUT2D eigenvalue weighted by Crippen LogP contribution is 2.46. The molecule has 0 aliphatic carbocycles. The van der Waals surface area contributed by atoms with Gasteiger partial charge in [-0.25, -0.2) is 4.89 Å². The summed E-state index contributed by atoms with van der Waals surface area (Å²) in [6.45, 7) is 0.581. The largest absolute Gasteiger partial charge is 0.445 e. The van der Waals surface area contributed by atoms with Crippen molar-refractivity contribution in [3.8, 4) is 5.75 Å². The summed E-state index contributed by atoms with van der Waals surface area (Å²) in [5.74, 6) is 1.18. The second kappa shape index (κ2) is 6.31. The lowest BCUT2D eigenvalue weighted by Gasteiger charge is -2.27. The van der Waals surface area contributed by atoms with Crippen LogP contribution in [-0.2, 0) is 9.56 Å². The third-order valence-electron chi connectivity index (χ3n) is 2.11. The van der Waals surface area contributed by atoms with Gasteiger partial charge in [-0.1, -0.05) is 50.1 Å². The van der Waals surface area contributed by atoms with Gasteiger partial charge in [-0.15, -0.1) is 0 Å². The Morgan fingerprint density at radius 1 is 1.31 bits per heavy atom. The zero-order valence-electron chi connectivity index (χ0n) is 8.38. The van der Waals surface area contributed by atoms with Crippen LogP contribution in [0.4, 0.5) is 0 Å². The minimum absolute atomic E-state index is 0.230. The number of rotatable bonds is 3. The molecule has 1 heterocycles. The summed E-state index contributed by atoms with van der Waals surface area (Å²) >= 11 is 6.97. The van der Waals surface area contributed by atoms with Crippen LogP contribution in [0, 0.1) is 5.92 Å². The van der Waals surface area contributed by atoms with Gasteiger partial charge in [0.25, 0.3) is 8.38 Å². The Morgan fingerprint density at radius 2 is 2.06 bits per heavy atom. The minimum Gasteiger partial charge on any atom is -0.445 e. The van der Waals surface area contributed by atoms with Crippen molar-refractivity contribution in [2.24, 2.45) is 5.92 Å². The summed E-state index contributed by atoms with van der Waals surface area (Å²) in [4.78, 5) is 5.07. The summed E-state index contributed by atoms with van der Waals surface area (Å²) in [6, 6.07) is 9.65. The van der Waals surface area contributed by atoms with E-state index >= 15 is 0 Å². The van der Waals surface area contributed by atoms with Crippen molar-refractivity contribution in [1.29, 1.82) is 0 Å². The molecule has 1 aromatic carbocycles. The van der Waals surface area contributed by atoms with Crippen LogP contribution < -0.4 is 4.52 Å². The topological polar surface area (TPSA) is 27.7 Å². The van der Waals surface area contributed by atoms with Gasteiger partial charge in [0.1, 0.15) is 5.75 Å². The Bertz CT molecular complexity index is 323. The molecule has 2 atom stereocenters. The van der Waals surface area contributed by atoms with E-state index in [1.165, 1.54) is 0 Å². The summed E-state index contributed by atoms with van der Waals surface area (Å²) in [7, 11) is -1.00. The van der Waals surface area contributed by atoms with Gasteiger partial charge in [0, 0.05) is 12.1 Å². The molecule has 6 heteroatoms. The number of alkyl halides is 2. The van der Waals surface area contributed by atoms with Gasteiger partial charge in [-0.05, 0) is 12.1 Å². The molecule has 0 N–H and O–H groups in total. The molecule has 1 aliphatic heterocycles. The quantitative estimate of drug-likeness (QED) is 0.456. The van der Waals surface area contributed by atoms with Crippen molar-refractivity contribution >= 4 is 40.2 Å². The van der Waals surface area contributed by atoms with Crippen molar-refractivity contribution in [2.45, 2.75) is 3.74 Å². The lowest BCUT2D eigenvalue weighted by atomic mass is 10.2. The predicted octanol–water partition coefficient (Wildman–Crippen LogP) is 4.07. The fourth-order valence-corrected chi connectivity index (χ4v) is 3.91. The van der Waals surface area contributed by atoms with E-state index in [0.717, 1.165) is 11.9 Å². The van der Waals surface area contributed by atoms with Gasteiger partial charge in [-0.2, -0.15) is 4.67 Å². The fraction of sp³-hybridized carbons (Fsp3) is 0.400. The molecule has 0 aromatic heterocycles. The normalized spacial score (nSPS) is 25.7. The summed E-state index contributed by atoms with van der Waals surface area (Å²) in [5.41, 5.74) is 0. The zero-order chi connectivity index (χ0) is 11.4. The van der Waals surface area contributed by atoms with E-state index in [1.54, 1.807) is 0 Å². The third kappa shape index (κ3) is 3.67. The molecular formula is C10H11Br2O3P. The van der Waals surface area contributed by atoms with Crippen molar-refractivity contribution in [3.63, 3.8) is 0 Å². The predicted molar refractivity (Wildman–Crippen MR) is 71.0 cm³/mol. The molecular weight excluding hydrogens is 359 g/mol. The van der Waals surface area contributed by atoms with E-state index in [1.807, 2.05) is 30.3 Å². The summed E-state index contributed by atoms with van der Waals surface area (Å²) in [5, 5.41) is 0. The standard InChI is InChI=1S/C10H11Br2O3P/c11-10(12)8-6-13-15-16(7-8)14-9-4-2-1-3-5-9/h1-5,8,10H,6-7H2. The Labute approximate surface area is 113 Å². The molecule has 1 aromatic rings. The lowest BCUT2D eigenvalue weighted by Crippen LogP contribution is -2.25. The number of benzene rings is 1. The van der Waals surface area contributed by atoms with Gasteiger partial charge in [0.15, 0.2) is 0 Å². The second-order valence-electron chi connectivity index (χ2n) is 3.37. The molecule has 88 valence electrons. The third-order valence-corrected chi connectivity index (χ3v) is 5.06. The highest BCUT2D eigenvalue weighted by Gasteiger charge is 2.30. The van der Waals surface area contributed by atoms with Gasteiger partial charge >= 0.3 is 0 Å². The van der Waals surface area contributed by atoms with Crippen LogP contribution in [0.3, 0.4) is 0 Å². The molecule has 1 fully saturated rings. The van der Waals surface area contributed by atoms with Crippen molar-refractivity contribution in [2.75, 3.05) is 12.8 Å². The highest BCUT2D eigenvalue weighted by atomic mass is 79.9. The van der Waals surface area contributed by atoms with Crippen LogP contribution in [0.5, 0.6) is 5.75 Å². The average molecular weight is 370 g/mol. The number of hydrogen-bond donors (Lipinski definition) is 0. The van der Waals surface area contributed by atoms with E-state index in [0.29, 0.717) is 12.5 Å². The summed E-state index contributed by atoms with van der Waals surface area (Å²) in [6.07, 6.45) is 0.853. The van der Waals surface area contributed by atoms with Crippen LogP contribution in [-0.4, -0.2) is 16.5 Å². The first-order valence-electron chi connectivity index (χ1n) is 4.84. The van der Waals surface area contributed by atoms with E-state index in [2.05, 4.69) is 31.9 Å². The monoisotopic (exact) mass is 368 g/mol. The smallest absolute Gasteiger partial charge is 0.264 e. The maximum Gasteiger partial charge on any atom is 0.264 e. The molecule has 2 rings (SSSR count).